The van der Waals surface area contributed by atoms with E-state index >= 15 is 0 Å². The highest BCUT2D eigenvalue weighted by molar-refractivity contribution is 5.93. The van der Waals surface area contributed by atoms with Crippen molar-refractivity contribution in [3.05, 3.63) is 60.4 Å². The number of nitrogens with one attached hydrogen (secondary N) is 2. The first kappa shape index (κ1) is 23.2. The van der Waals surface area contributed by atoms with Crippen molar-refractivity contribution in [1.29, 1.82) is 0 Å². The van der Waals surface area contributed by atoms with Gasteiger partial charge >= 0.3 is 5.97 Å². The number of pyridine rings is 2. The number of benzene rings is 1. The van der Waals surface area contributed by atoms with Crippen LogP contribution in [0.15, 0.2) is 54.7 Å². The molecule has 4 rings (SSSR count). The Morgan fingerprint density at radius 3 is 2.44 bits per heavy atom. The third-order valence-corrected chi connectivity index (χ3v) is 6.25. The minimum atomic E-state index is -0.187. The minimum Gasteiger partial charge on any atom is -0.469 e. The van der Waals surface area contributed by atoms with Crippen LogP contribution in [0.5, 0.6) is 0 Å². The van der Waals surface area contributed by atoms with Gasteiger partial charge in [-0.15, -0.1) is 0 Å². The highest BCUT2D eigenvalue weighted by Gasteiger charge is 2.30. The van der Waals surface area contributed by atoms with Crippen LogP contribution in [0.2, 0.25) is 0 Å². The summed E-state index contributed by atoms with van der Waals surface area (Å²) in [6.07, 6.45) is 4.43. The summed E-state index contributed by atoms with van der Waals surface area (Å²) in [6, 6.07) is 15.1. The SMILES string of the molecule is COC(=O)[C@H]1CC[C@H](C(=O)Nc2ccc(Nc3cc(-c4ccccn4)ccc3N)nc2C)CC1. The van der Waals surface area contributed by atoms with Crippen molar-refractivity contribution in [1.82, 2.24) is 9.97 Å². The second kappa shape index (κ2) is 10.3. The van der Waals surface area contributed by atoms with Crippen molar-refractivity contribution < 1.29 is 14.3 Å². The van der Waals surface area contributed by atoms with Gasteiger partial charge in [-0.25, -0.2) is 4.98 Å². The predicted molar refractivity (Wildman–Crippen MR) is 132 cm³/mol. The third kappa shape index (κ3) is 5.33. The number of methoxy groups -OCH3 is 1. The molecule has 1 saturated carbocycles. The average molecular weight is 460 g/mol. The Morgan fingerprint density at radius 2 is 1.76 bits per heavy atom. The highest BCUT2D eigenvalue weighted by atomic mass is 16.5. The molecule has 0 atom stereocenters. The number of nitrogens with zero attached hydrogens (tertiary/aromatic N) is 2. The van der Waals surface area contributed by atoms with E-state index < -0.39 is 0 Å². The molecule has 1 fully saturated rings. The molecule has 1 aliphatic rings. The standard InChI is InChI=1S/C26H29N5O3/c1-16-21(31-25(32)17-6-8-18(9-7-17)26(33)34-2)12-13-24(29-16)30-23-15-19(10-11-20(23)27)22-5-3-4-14-28-22/h3-5,10-15,17-18H,6-9,27H2,1-2H3,(H,29,30)(H,31,32)/t17-,18-. The third-order valence-electron chi connectivity index (χ3n) is 6.25. The normalized spacial score (nSPS) is 17.6. The molecule has 34 heavy (non-hydrogen) atoms. The van der Waals surface area contributed by atoms with Crippen molar-refractivity contribution in [3.8, 4) is 11.3 Å². The van der Waals surface area contributed by atoms with Gasteiger partial charge in [0, 0.05) is 17.7 Å². The molecule has 0 radical (unpaired) electrons. The molecule has 0 aliphatic heterocycles. The van der Waals surface area contributed by atoms with Gasteiger partial charge in [0.1, 0.15) is 5.82 Å². The number of carbonyl (C=O) groups is 2. The van der Waals surface area contributed by atoms with Crippen molar-refractivity contribution in [2.75, 3.05) is 23.5 Å². The zero-order chi connectivity index (χ0) is 24.1. The summed E-state index contributed by atoms with van der Waals surface area (Å²) in [7, 11) is 1.40. The smallest absolute Gasteiger partial charge is 0.308 e. The number of aryl methyl sites for hydroxylation is 1. The Balaban J connectivity index is 1.41. The summed E-state index contributed by atoms with van der Waals surface area (Å²) in [4.78, 5) is 33.5. The molecule has 1 aromatic carbocycles. The van der Waals surface area contributed by atoms with Crippen molar-refractivity contribution >= 4 is 34.8 Å². The van der Waals surface area contributed by atoms with E-state index in [4.69, 9.17) is 10.5 Å². The number of aromatic nitrogens is 2. The number of ether oxygens (including phenoxy) is 1. The quantitative estimate of drug-likeness (QED) is 0.361. The van der Waals surface area contributed by atoms with E-state index in [1.165, 1.54) is 7.11 Å². The Morgan fingerprint density at radius 1 is 1.00 bits per heavy atom. The number of anilines is 4. The fourth-order valence-corrected chi connectivity index (χ4v) is 4.25. The van der Waals surface area contributed by atoms with Gasteiger partial charge in [0.2, 0.25) is 5.91 Å². The zero-order valence-electron chi connectivity index (χ0n) is 19.4. The lowest BCUT2D eigenvalue weighted by molar-refractivity contribution is -0.147. The molecule has 2 heterocycles. The second-order valence-corrected chi connectivity index (χ2v) is 8.53. The first-order valence-corrected chi connectivity index (χ1v) is 11.4. The fourth-order valence-electron chi connectivity index (χ4n) is 4.25. The van der Waals surface area contributed by atoms with Crippen molar-refractivity contribution in [2.45, 2.75) is 32.6 Å². The van der Waals surface area contributed by atoms with E-state index in [-0.39, 0.29) is 23.7 Å². The lowest BCUT2D eigenvalue weighted by Gasteiger charge is -2.26. The van der Waals surface area contributed by atoms with Gasteiger partial charge in [-0.3, -0.25) is 14.6 Å². The molecule has 0 unspecified atom stereocenters. The van der Waals surface area contributed by atoms with Gasteiger partial charge in [0.25, 0.3) is 0 Å². The lowest BCUT2D eigenvalue weighted by atomic mass is 9.81. The molecule has 0 bridgehead atoms. The van der Waals surface area contributed by atoms with Crippen LogP contribution in [0.25, 0.3) is 11.3 Å². The van der Waals surface area contributed by atoms with Crippen molar-refractivity contribution in [2.24, 2.45) is 11.8 Å². The van der Waals surface area contributed by atoms with Crippen LogP contribution in [0.4, 0.5) is 22.9 Å². The second-order valence-electron chi connectivity index (χ2n) is 8.53. The summed E-state index contributed by atoms with van der Waals surface area (Å²) >= 11 is 0. The maximum atomic E-state index is 12.8. The summed E-state index contributed by atoms with van der Waals surface area (Å²) in [6.45, 7) is 1.85. The topological polar surface area (TPSA) is 119 Å². The molecule has 3 aromatic rings. The minimum absolute atomic E-state index is 0.0405. The molecule has 8 heteroatoms. The van der Waals surface area contributed by atoms with E-state index in [1.807, 2.05) is 55.5 Å². The molecular weight excluding hydrogens is 430 g/mol. The number of nitrogen functional groups attached to an aromatic ring is 1. The van der Waals surface area contributed by atoms with E-state index in [0.29, 0.717) is 48.6 Å². The highest BCUT2D eigenvalue weighted by Crippen LogP contribution is 2.32. The summed E-state index contributed by atoms with van der Waals surface area (Å²) in [5.41, 5.74) is 10.7. The van der Waals surface area contributed by atoms with Crippen LogP contribution in [-0.2, 0) is 14.3 Å². The molecule has 0 spiro atoms. The number of hydrogen-bond donors (Lipinski definition) is 3. The monoisotopic (exact) mass is 459 g/mol. The number of rotatable bonds is 6. The fraction of sp³-hybridized carbons (Fsp3) is 0.308. The maximum Gasteiger partial charge on any atom is 0.308 e. The number of esters is 1. The summed E-state index contributed by atoms with van der Waals surface area (Å²) in [5.74, 6) is 0.173. The van der Waals surface area contributed by atoms with Crippen LogP contribution < -0.4 is 16.4 Å². The van der Waals surface area contributed by atoms with Crippen LogP contribution in [0.3, 0.4) is 0 Å². The predicted octanol–water partition coefficient (Wildman–Crippen LogP) is 4.70. The Bertz CT molecular complexity index is 1170. The first-order valence-electron chi connectivity index (χ1n) is 11.4. The van der Waals surface area contributed by atoms with Crippen molar-refractivity contribution in [3.63, 3.8) is 0 Å². The molecule has 176 valence electrons. The molecule has 4 N–H and O–H groups in total. The molecule has 0 saturated heterocycles. The van der Waals surface area contributed by atoms with Crippen LogP contribution in [0, 0.1) is 18.8 Å². The summed E-state index contributed by atoms with van der Waals surface area (Å²) in [5, 5.41) is 6.26. The van der Waals surface area contributed by atoms with Gasteiger partial charge in [0.05, 0.1) is 41.5 Å². The van der Waals surface area contributed by atoms with Crippen LogP contribution in [0.1, 0.15) is 31.4 Å². The van der Waals surface area contributed by atoms with E-state index in [2.05, 4.69) is 20.6 Å². The maximum absolute atomic E-state index is 12.8. The Kier molecular flexibility index (Phi) is 7.06. The van der Waals surface area contributed by atoms with E-state index in [0.717, 1.165) is 16.9 Å². The van der Waals surface area contributed by atoms with Crippen LogP contribution >= 0.6 is 0 Å². The van der Waals surface area contributed by atoms with E-state index in [9.17, 15) is 9.59 Å². The number of carbonyl (C=O) groups excluding carboxylic acids is 2. The number of amides is 1. The summed E-state index contributed by atoms with van der Waals surface area (Å²) < 4.78 is 4.82. The molecule has 1 amide bonds. The Labute approximate surface area is 199 Å². The first-order chi connectivity index (χ1) is 16.4. The zero-order valence-corrected chi connectivity index (χ0v) is 19.4. The largest absolute Gasteiger partial charge is 0.469 e. The van der Waals surface area contributed by atoms with Gasteiger partial charge in [-0.05, 0) is 69.0 Å². The van der Waals surface area contributed by atoms with Crippen LogP contribution in [-0.4, -0.2) is 29.0 Å². The molecular formula is C26H29N5O3. The van der Waals surface area contributed by atoms with Gasteiger partial charge in [0.15, 0.2) is 0 Å². The average Bonchev–Trinajstić information content (AvgIpc) is 2.87. The molecule has 2 aromatic heterocycles. The lowest BCUT2D eigenvalue weighted by Crippen LogP contribution is -2.30. The number of hydrogen-bond acceptors (Lipinski definition) is 7. The number of nitrogens with two attached hydrogens (primary N) is 1. The van der Waals surface area contributed by atoms with Gasteiger partial charge in [-0.2, -0.15) is 0 Å². The van der Waals surface area contributed by atoms with Gasteiger partial charge < -0.3 is 21.1 Å². The molecule has 1 aliphatic carbocycles. The molecule has 8 nitrogen and oxygen atoms in total. The van der Waals surface area contributed by atoms with E-state index in [1.54, 1.807) is 6.20 Å². The van der Waals surface area contributed by atoms with Gasteiger partial charge in [-0.1, -0.05) is 12.1 Å². The Hall–Kier alpha value is -3.94.